The number of nitrogens with one attached hydrogen (secondary N) is 4. The summed E-state index contributed by atoms with van der Waals surface area (Å²) in [6, 6.07) is 32.7. The third-order valence-electron chi connectivity index (χ3n) is 13.3. The van der Waals surface area contributed by atoms with Crippen LogP contribution >= 0.6 is 0 Å². The Balaban J connectivity index is 0.967. The molecule has 3 aliphatic rings. The first-order chi connectivity index (χ1) is 34.2. The van der Waals surface area contributed by atoms with Crippen molar-refractivity contribution in [3.63, 3.8) is 0 Å². The van der Waals surface area contributed by atoms with Gasteiger partial charge in [0.05, 0.1) is 31.9 Å². The molecule has 3 fully saturated rings. The second-order valence-corrected chi connectivity index (χ2v) is 17.6. The van der Waals surface area contributed by atoms with Crippen molar-refractivity contribution in [2.24, 2.45) is 0 Å². The summed E-state index contributed by atoms with van der Waals surface area (Å²) in [5.74, 6) is -1.66. The number of hydrogen-bond acceptors (Lipinski definition) is 9. The molecule has 3 heterocycles. The molecule has 18 heteroatoms. The molecule has 5 aromatic rings. The minimum Gasteiger partial charge on any atom is -0.453 e. The van der Waals surface area contributed by atoms with E-state index in [4.69, 9.17) is 9.47 Å². The maximum atomic E-state index is 13.9. The van der Waals surface area contributed by atoms with Crippen LogP contribution in [0.25, 0.3) is 0 Å². The highest BCUT2D eigenvalue weighted by molar-refractivity contribution is 6.00. The van der Waals surface area contributed by atoms with Gasteiger partial charge in [0, 0.05) is 30.2 Å². The SMILES string of the molecule is COC(=O)N[C@H](C(=O)N1CCCC1C(=O)Nc1ccc([C@H]2CC[C@H](c3ccc(NC(=O)[C@@H]4CCCN4C(=O)[C@@H](NC(=O)OC)c4ccccc4)cc3)N2c2ccc(C(F)(F)F)cc2)cc1)c1ccccc1. The number of methoxy groups -OCH3 is 2. The van der Waals surface area contributed by atoms with E-state index in [1.165, 1.54) is 36.2 Å². The number of alkyl halides is 3. The summed E-state index contributed by atoms with van der Waals surface area (Å²) >= 11 is 0. The molecule has 3 saturated heterocycles. The zero-order valence-electron chi connectivity index (χ0n) is 39.1. The van der Waals surface area contributed by atoms with Gasteiger partial charge in [-0.1, -0.05) is 84.9 Å². The number of carbonyl (C=O) groups is 6. The van der Waals surface area contributed by atoms with Crippen molar-refractivity contribution in [2.45, 2.75) is 81.0 Å². The summed E-state index contributed by atoms with van der Waals surface area (Å²) in [6.07, 6.45) is -2.82. The molecule has 6 atom stereocenters. The predicted octanol–water partition coefficient (Wildman–Crippen LogP) is 8.84. The fourth-order valence-electron chi connectivity index (χ4n) is 9.83. The Morgan fingerprint density at radius 2 is 0.930 bits per heavy atom. The van der Waals surface area contributed by atoms with Gasteiger partial charge < -0.3 is 45.4 Å². The molecular formula is C53H54F3N7O8. The summed E-state index contributed by atoms with van der Waals surface area (Å²) in [6.45, 7) is 0.635. The van der Waals surface area contributed by atoms with Gasteiger partial charge in [-0.3, -0.25) is 19.2 Å². The second-order valence-electron chi connectivity index (χ2n) is 17.6. The Hall–Kier alpha value is -7.89. The highest BCUT2D eigenvalue weighted by Gasteiger charge is 2.41. The van der Waals surface area contributed by atoms with Crippen LogP contribution < -0.4 is 26.2 Å². The molecule has 0 aliphatic carbocycles. The van der Waals surface area contributed by atoms with Crippen LogP contribution in [0.5, 0.6) is 0 Å². The van der Waals surface area contributed by atoms with Gasteiger partial charge in [-0.05, 0) is 109 Å². The van der Waals surface area contributed by atoms with E-state index < -0.39 is 59.9 Å². The molecule has 370 valence electrons. The van der Waals surface area contributed by atoms with Gasteiger partial charge in [0.25, 0.3) is 11.8 Å². The molecule has 3 aliphatic heterocycles. The molecule has 0 bridgehead atoms. The fourth-order valence-corrected chi connectivity index (χ4v) is 9.83. The molecule has 15 nitrogen and oxygen atoms in total. The molecule has 1 unspecified atom stereocenters. The van der Waals surface area contributed by atoms with E-state index in [1.54, 1.807) is 84.9 Å². The molecule has 0 saturated carbocycles. The number of amides is 6. The third kappa shape index (κ3) is 11.3. The Kier molecular flexibility index (Phi) is 15.2. The predicted molar refractivity (Wildman–Crippen MR) is 258 cm³/mol. The number of rotatable bonds is 13. The number of alkyl carbamates (subject to hydrolysis) is 2. The number of halogens is 3. The van der Waals surface area contributed by atoms with E-state index in [2.05, 4.69) is 26.2 Å². The Bertz CT molecular complexity index is 2540. The van der Waals surface area contributed by atoms with Crippen LogP contribution in [0.15, 0.2) is 133 Å². The molecule has 6 amide bonds. The highest BCUT2D eigenvalue weighted by atomic mass is 19.4. The summed E-state index contributed by atoms with van der Waals surface area (Å²) in [5.41, 5.74) is 3.57. The molecule has 5 aromatic carbocycles. The smallest absolute Gasteiger partial charge is 0.416 e. The van der Waals surface area contributed by atoms with E-state index in [-0.39, 0.29) is 23.9 Å². The normalized spacial score (nSPS) is 19.6. The average Bonchev–Trinajstić information content (AvgIpc) is 4.19. The largest absolute Gasteiger partial charge is 0.453 e. The average molecular weight is 974 g/mol. The zero-order chi connectivity index (χ0) is 50.2. The van der Waals surface area contributed by atoms with E-state index in [1.807, 2.05) is 24.3 Å². The van der Waals surface area contributed by atoms with Gasteiger partial charge in [0.15, 0.2) is 0 Å². The Morgan fingerprint density at radius 1 is 0.535 bits per heavy atom. The van der Waals surface area contributed by atoms with Crippen LogP contribution in [0.4, 0.5) is 39.8 Å². The minimum absolute atomic E-state index is 0.277. The maximum absolute atomic E-state index is 13.9. The van der Waals surface area contributed by atoms with Crippen molar-refractivity contribution in [1.82, 2.24) is 20.4 Å². The number of likely N-dealkylation sites (tertiary alicyclic amines) is 2. The lowest BCUT2D eigenvalue weighted by Gasteiger charge is -2.34. The monoisotopic (exact) mass is 973 g/mol. The summed E-state index contributed by atoms with van der Waals surface area (Å²) in [4.78, 5) is 84.9. The van der Waals surface area contributed by atoms with Crippen LogP contribution in [0.2, 0.25) is 0 Å². The molecule has 71 heavy (non-hydrogen) atoms. The van der Waals surface area contributed by atoms with Crippen molar-refractivity contribution in [3.8, 4) is 0 Å². The van der Waals surface area contributed by atoms with Crippen LogP contribution in [0.1, 0.15) is 90.5 Å². The quantitative estimate of drug-likeness (QED) is 0.0898. The molecule has 0 spiro atoms. The highest BCUT2D eigenvalue weighted by Crippen LogP contribution is 2.48. The van der Waals surface area contributed by atoms with E-state index in [0.29, 0.717) is 79.8 Å². The van der Waals surface area contributed by atoms with Gasteiger partial charge in [-0.15, -0.1) is 0 Å². The van der Waals surface area contributed by atoms with Gasteiger partial charge in [0.2, 0.25) is 11.8 Å². The van der Waals surface area contributed by atoms with E-state index in [9.17, 15) is 41.9 Å². The molecule has 0 aromatic heterocycles. The lowest BCUT2D eigenvalue weighted by atomic mass is 10.0. The third-order valence-corrected chi connectivity index (χ3v) is 13.3. The first-order valence-corrected chi connectivity index (χ1v) is 23.4. The summed E-state index contributed by atoms with van der Waals surface area (Å²) in [5, 5.41) is 11.1. The van der Waals surface area contributed by atoms with Gasteiger partial charge in [0.1, 0.15) is 24.2 Å². The van der Waals surface area contributed by atoms with Crippen molar-refractivity contribution >= 4 is 52.9 Å². The second kappa shape index (κ2) is 21.8. The molecule has 0 radical (unpaired) electrons. The topological polar surface area (TPSA) is 179 Å². The summed E-state index contributed by atoms with van der Waals surface area (Å²) < 4.78 is 50.8. The van der Waals surface area contributed by atoms with Crippen molar-refractivity contribution in [3.05, 3.63) is 161 Å². The van der Waals surface area contributed by atoms with Crippen molar-refractivity contribution < 1.29 is 51.4 Å². The van der Waals surface area contributed by atoms with Crippen LogP contribution in [0, 0.1) is 0 Å². The van der Waals surface area contributed by atoms with Crippen molar-refractivity contribution in [2.75, 3.05) is 42.8 Å². The first kappa shape index (κ1) is 49.5. The van der Waals surface area contributed by atoms with Gasteiger partial charge in [-0.2, -0.15) is 13.2 Å². The zero-order valence-corrected chi connectivity index (χ0v) is 39.1. The number of nitrogens with zero attached hydrogens (tertiary/aromatic N) is 3. The maximum Gasteiger partial charge on any atom is 0.416 e. The van der Waals surface area contributed by atoms with Crippen LogP contribution in [0.3, 0.4) is 0 Å². The van der Waals surface area contributed by atoms with Crippen LogP contribution in [-0.2, 0) is 34.8 Å². The Morgan fingerprint density at radius 3 is 1.30 bits per heavy atom. The first-order valence-electron chi connectivity index (χ1n) is 23.4. The minimum atomic E-state index is -4.53. The fraction of sp³-hybridized carbons (Fsp3) is 0.321. The van der Waals surface area contributed by atoms with E-state index in [0.717, 1.165) is 23.3 Å². The Labute approximate surface area is 408 Å². The number of carbonyl (C=O) groups excluding carboxylic acids is 6. The molecule has 4 N–H and O–H groups in total. The van der Waals surface area contributed by atoms with Crippen molar-refractivity contribution in [1.29, 1.82) is 0 Å². The number of anilines is 3. The summed E-state index contributed by atoms with van der Waals surface area (Å²) in [7, 11) is 2.41. The number of ether oxygens (including phenoxy) is 2. The lowest BCUT2D eigenvalue weighted by molar-refractivity contribution is -0.138. The lowest BCUT2D eigenvalue weighted by Crippen LogP contribution is -2.48. The van der Waals surface area contributed by atoms with Gasteiger partial charge in [-0.25, -0.2) is 9.59 Å². The number of benzene rings is 5. The van der Waals surface area contributed by atoms with Gasteiger partial charge >= 0.3 is 18.4 Å². The molecule has 8 rings (SSSR count). The van der Waals surface area contributed by atoms with E-state index >= 15 is 0 Å². The standard InChI is InChI=1S/C53H54F3N7O8/c1-70-51(68)59-45(35-11-5-3-6-12-35)49(66)61-31-9-15-43(61)47(64)57-38-23-17-33(18-24-38)41-29-30-42(63(41)40-27-21-37(22-28-40)53(54,55)56)34-19-25-39(26-20-34)58-48(65)44-16-10-32-62(44)50(67)46(60-52(69)71-2)36-13-7-4-8-14-36/h3-8,11-14,17-28,41-46H,9-10,15-16,29-32H2,1-2H3,(H,57,64)(H,58,65)(H,59,68)(H,60,69)/t41-,42-,43+,44?,45+,46+/m1/s1. The van der Waals surface area contributed by atoms with Crippen LogP contribution in [-0.4, -0.2) is 85.0 Å². The number of hydrogen-bond donors (Lipinski definition) is 4. The molecular weight excluding hydrogens is 920 g/mol.